The number of benzene rings is 1. The first-order chi connectivity index (χ1) is 15.3. The summed E-state index contributed by atoms with van der Waals surface area (Å²) in [4.78, 5) is 16.5. The van der Waals surface area contributed by atoms with E-state index in [0.29, 0.717) is 18.1 Å². The smallest absolute Gasteiger partial charge is 0.270 e. The molecule has 170 valence electrons. The van der Waals surface area contributed by atoms with Gasteiger partial charge in [-0.3, -0.25) is 4.79 Å². The predicted molar refractivity (Wildman–Crippen MR) is 135 cm³/mol. The molecule has 1 amide bonds. The van der Waals surface area contributed by atoms with Crippen molar-refractivity contribution in [1.29, 1.82) is 0 Å². The monoisotopic (exact) mass is 470 g/mol. The highest BCUT2D eigenvalue weighted by molar-refractivity contribution is 7.80. The molecule has 7 heteroatoms. The molecular weight excluding hydrogens is 440 g/mol. The first-order valence-electron chi connectivity index (χ1n) is 10.8. The maximum atomic E-state index is 13.5. The van der Waals surface area contributed by atoms with Gasteiger partial charge in [-0.2, -0.15) is 12.6 Å². The highest BCUT2D eigenvalue weighted by atomic mass is 32.1. The number of amides is 1. The number of thiol groups is 1. The minimum Gasteiger partial charge on any atom is -0.493 e. The fourth-order valence-corrected chi connectivity index (χ4v) is 4.87. The van der Waals surface area contributed by atoms with Crippen LogP contribution in [0.15, 0.2) is 35.7 Å². The Labute approximate surface area is 199 Å². The van der Waals surface area contributed by atoms with Crippen LogP contribution in [-0.4, -0.2) is 47.4 Å². The zero-order valence-corrected chi connectivity index (χ0v) is 21.0. The second kappa shape index (κ2) is 8.87. The van der Waals surface area contributed by atoms with Crippen LogP contribution in [0.25, 0.3) is 21.7 Å². The van der Waals surface area contributed by atoms with E-state index < -0.39 is 0 Å². The summed E-state index contributed by atoms with van der Waals surface area (Å²) >= 11 is 5.96. The summed E-state index contributed by atoms with van der Waals surface area (Å²) in [7, 11) is 3.54. The van der Waals surface area contributed by atoms with Gasteiger partial charge in [0, 0.05) is 40.9 Å². The van der Waals surface area contributed by atoms with Gasteiger partial charge in [-0.1, -0.05) is 6.07 Å². The molecule has 1 aromatic carbocycles. The van der Waals surface area contributed by atoms with Crippen molar-refractivity contribution in [1.82, 2.24) is 9.47 Å². The second-order valence-electron chi connectivity index (χ2n) is 8.94. The largest absolute Gasteiger partial charge is 0.493 e. The number of aromatic nitrogens is 1. The van der Waals surface area contributed by atoms with Crippen molar-refractivity contribution in [2.45, 2.75) is 39.3 Å². The van der Waals surface area contributed by atoms with Crippen molar-refractivity contribution < 1.29 is 14.3 Å². The number of hydrogen-bond donors (Lipinski definition) is 1. The van der Waals surface area contributed by atoms with Crippen LogP contribution in [0, 0.1) is 0 Å². The number of aryl methyl sites for hydroxylation is 1. The fraction of sp³-hybridized carbons (Fsp3) is 0.400. The van der Waals surface area contributed by atoms with E-state index in [1.807, 2.05) is 18.0 Å². The third-order valence-electron chi connectivity index (χ3n) is 6.01. The summed E-state index contributed by atoms with van der Waals surface area (Å²) in [6.07, 6.45) is 0.823. The molecule has 3 aromatic rings. The number of nitrogens with zero attached hydrogens (tertiary/aromatic N) is 2. The van der Waals surface area contributed by atoms with E-state index in [1.165, 1.54) is 5.56 Å². The number of methoxy groups -OCH3 is 1. The Morgan fingerprint density at radius 3 is 2.62 bits per heavy atom. The molecule has 3 heterocycles. The topological polar surface area (TPSA) is 43.7 Å². The maximum Gasteiger partial charge on any atom is 0.270 e. The Bertz CT molecular complexity index is 1130. The van der Waals surface area contributed by atoms with Gasteiger partial charge in [0.1, 0.15) is 5.69 Å². The van der Waals surface area contributed by atoms with Gasteiger partial charge in [-0.25, -0.2) is 0 Å². The number of fused-ring (bicyclic) bond motifs is 3. The molecule has 0 saturated carbocycles. The summed E-state index contributed by atoms with van der Waals surface area (Å²) in [5.41, 5.74) is 4.90. The van der Waals surface area contributed by atoms with E-state index in [2.05, 4.69) is 67.6 Å². The molecule has 1 aliphatic rings. The van der Waals surface area contributed by atoms with Crippen LogP contribution in [0.5, 0.6) is 11.5 Å². The maximum absolute atomic E-state index is 13.5. The van der Waals surface area contributed by atoms with Gasteiger partial charge in [0.2, 0.25) is 0 Å². The van der Waals surface area contributed by atoms with Crippen molar-refractivity contribution in [2.24, 2.45) is 0 Å². The normalized spacial score (nSPS) is 12.8. The zero-order valence-electron chi connectivity index (χ0n) is 19.3. The van der Waals surface area contributed by atoms with E-state index in [-0.39, 0.29) is 11.4 Å². The van der Waals surface area contributed by atoms with Gasteiger partial charge >= 0.3 is 0 Å². The molecule has 0 spiro atoms. The SMILES string of the molecule is COc1cc2c(cc1OCCS)-c1c(-c3cccs3)cc(C(=O)N(C)C(C)(C)C)n1CC2. The summed E-state index contributed by atoms with van der Waals surface area (Å²) in [5, 5.41) is 2.07. The zero-order chi connectivity index (χ0) is 23.0. The molecule has 0 atom stereocenters. The highest BCUT2D eigenvalue weighted by Crippen LogP contribution is 2.45. The average Bonchev–Trinajstić information content (AvgIpc) is 3.43. The third kappa shape index (κ3) is 4.04. The van der Waals surface area contributed by atoms with E-state index in [1.54, 1.807) is 18.4 Å². The lowest BCUT2D eigenvalue weighted by molar-refractivity contribution is 0.0644. The molecule has 0 aliphatic carbocycles. The van der Waals surface area contributed by atoms with Gasteiger partial charge < -0.3 is 18.9 Å². The molecular formula is C25H30N2O3S2. The lowest BCUT2D eigenvalue weighted by Gasteiger charge is -2.32. The molecule has 2 aromatic heterocycles. The molecule has 0 fully saturated rings. The predicted octanol–water partition coefficient (Wildman–Crippen LogP) is 5.63. The van der Waals surface area contributed by atoms with Crippen LogP contribution in [-0.2, 0) is 13.0 Å². The van der Waals surface area contributed by atoms with Gasteiger partial charge in [-0.05, 0) is 62.4 Å². The second-order valence-corrected chi connectivity index (χ2v) is 10.3. The van der Waals surface area contributed by atoms with Crippen molar-refractivity contribution in [2.75, 3.05) is 26.5 Å². The molecule has 0 saturated heterocycles. The highest BCUT2D eigenvalue weighted by Gasteiger charge is 2.32. The Kier molecular flexibility index (Phi) is 6.32. The van der Waals surface area contributed by atoms with Crippen LogP contribution in [0.2, 0.25) is 0 Å². The molecule has 0 bridgehead atoms. The Balaban J connectivity index is 1.92. The molecule has 1 aliphatic heterocycles. The van der Waals surface area contributed by atoms with Crippen LogP contribution in [0.1, 0.15) is 36.8 Å². The van der Waals surface area contributed by atoms with Crippen molar-refractivity contribution in [3.63, 3.8) is 0 Å². The standard InChI is InChI=1S/C25H30N2O3S2/c1-25(2,3)26(4)24(28)19-14-18(22-7-6-12-32-22)23-17-15-21(30-10-11-31)20(29-5)13-16(17)8-9-27(19)23/h6-7,12-15,31H,8-11H2,1-5H3. The van der Waals surface area contributed by atoms with Crippen molar-refractivity contribution in [3.05, 3.63) is 47.0 Å². The molecule has 5 nitrogen and oxygen atoms in total. The molecule has 0 N–H and O–H groups in total. The van der Waals surface area contributed by atoms with Crippen LogP contribution in [0.4, 0.5) is 0 Å². The van der Waals surface area contributed by atoms with Crippen LogP contribution < -0.4 is 9.47 Å². The number of hydrogen-bond acceptors (Lipinski definition) is 5. The quantitative estimate of drug-likeness (QED) is 0.475. The molecule has 4 rings (SSSR count). The lowest BCUT2D eigenvalue weighted by Crippen LogP contribution is -2.43. The first-order valence-corrected chi connectivity index (χ1v) is 12.3. The number of rotatable bonds is 6. The number of carbonyl (C=O) groups excluding carboxylic acids is 1. The molecule has 32 heavy (non-hydrogen) atoms. The number of thiophene rings is 1. The Morgan fingerprint density at radius 2 is 2.00 bits per heavy atom. The third-order valence-corrected chi connectivity index (χ3v) is 7.10. The fourth-order valence-electron chi connectivity index (χ4n) is 4.03. The van der Waals surface area contributed by atoms with E-state index in [9.17, 15) is 4.79 Å². The Hall–Kier alpha value is -2.38. The molecule has 0 unspecified atom stereocenters. The Morgan fingerprint density at radius 1 is 1.22 bits per heavy atom. The van der Waals surface area contributed by atoms with Gasteiger partial charge in [0.25, 0.3) is 5.91 Å². The summed E-state index contributed by atoms with van der Waals surface area (Å²) < 4.78 is 13.7. The van der Waals surface area contributed by atoms with E-state index >= 15 is 0 Å². The first kappa shape index (κ1) is 22.8. The minimum absolute atomic E-state index is 0.0325. The lowest BCUT2D eigenvalue weighted by atomic mass is 9.95. The van der Waals surface area contributed by atoms with Crippen molar-refractivity contribution >= 4 is 29.9 Å². The average molecular weight is 471 g/mol. The van der Waals surface area contributed by atoms with E-state index in [0.717, 1.165) is 46.1 Å². The van der Waals surface area contributed by atoms with Gasteiger partial charge in [-0.15, -0.1) is 11.3 Å². The van der Waals surface area contributed by atoms with Crippen LogP contribution >= 0.6 is 24.0 Å². The minimum atomic E-state index is -0.265. The number of ether oxygens (including phenoxy) is 2. The summed E-state index contributed by atoms with van der Waals surface area (Å²) in [6, 6.07) is 10.3. The molecule has 0 radical (unpaired) electrons. The van der Waals surface area contributed by atoms with Crippen LogP contribution in [0.3, 0.4) is 0 Å². The number of carbonyl (C=O) groups is 1. The van der Waals surface area contributed by atoms with Gasteiger partial charge in [0.15, 0.2) is 11.5 Å². The van der Waals surface area contributed by atoms with Crippen molar-refractivity contribution in [3.8, 4) is 33.2 Å². The van der Waals surface area contributed by atoms with Gasteiger partial charge in [0.05, 0.1) is 19.4 Å². The van der Waals surface area contributed by atoms with E-state index in [4.69, 9.17) is 9.47 Å². The summed E-state index contributed by atoms with van der Waals surface area (Å²) in [5.74, 6) is 2.08. The summed E-state index contributed by atoms with van der Waals surface area (Å²) in [6.45, 7) is 7.40.